The first kappa shape index (κ1) is 17.2. The Balaban J connectivity index is 2.05. The molecule has 3 rings (SSSR count). The maximum Gasteiger partial charge on any atom is 0.316 e. The van der Waals surface area contributed by atoms with E-state index in [0.717, 1.165) is 5.39 Å². The average molecular weight is 357 g/mol. The SMILES string of the molecule is CCOc1nc(C)c(NS(=O)(=O)c2cccc3ccccc23)c(C)n1. The third-order valence-corrected chi connectivity index (χ3v) is 5.21. The molecule has 6 nitrogen and oxygen atoms in total. The van der Waals surface area contributed by atoms with E-state index in [0.29, 0.717) is 29.1 Å². The summed E-state index contributed by atoms with van der Waals surface area (Å²) in [6, 6.07) is 12.8. The van der Waals surface area contributed by atoms with Crippen molar-refractivity contribution in [1.82, 2.24) is 9.97 Å². The van der Waals surface area contributed by atoms with E-state index in [2.05, 4.69) is 14.7 Å². The van der Waals surface area contributed by atoms with E-state index in [1.54, 1.807) is 32.0 Å². The van der Waals surface area contributed by atoms with Crippen LogP contribution < -0.4 is 9.46 Å². The number of nitrogens with zero attached hydrogens (tertiary/aromatic N) is 2. The molecule has 0 aliphatic carbocycles. The second-order valence-electron chi connectivity index (χ2n) is 5.57. The number of sulfonamides is 1. The number of benzene rings is 2. The molecular weight excluding hydrogens is 338 g/mol. The average Bonchev–Trinajstić information content (AvgIpc) is 2.58. The molecule has 0 saturated carbocycles. The summed E-state index contributed by atoms with van der Waals surface area (Å²) < 4.78 is 33.8. The standard InChI is InChI=1S/C18H19N3O3S/c1-4-24-18-19-12(2)17(13(3)20-18)21-25(22,23)16-11-7-9-14-8-5-6-10-15(14)16/h5-11,21H,4H2,1-3H3. The van der Waals surface area contributed by atoms with Crippen LogP contribution >= 0.6 is 0 Å². The van der Waals surface area contributed by atoms with E-state index < -0.39 is 10.0 Å². The number of rotatable bonds is 5. The van der Waals surface area contributed by atoms with Crippen LogP contribution in [0.3, 0.4) is 0 Å². The fourth-order valence-electron chi connectivity index (χ4n) is 2.65. The predicted molar refractivity (Wildman–Crippen MR) is 97.4 cm³/mol. The van der Waals surface area contributed by atoms with Crippen molar-refractivity contribution in [2.24, 2.45) is 0 Å². The molecule has 0 saturated heterocycles. The molecule has 3 aromatic rings. The first-order valence-corrected chi connectivity index (χ1v) is 9.39. The van der Waals surface area contributed by atoms with Crippen molar-refractivity contribution >= 4 is 26.5 Å². The summed E-state index contributed by atoms with van der Waals surface area (Å²) in [7, 11) is -3.78. The molecule has 130 valence electrons. The Morgan fingerprint density at radius 1 is 1.00 bits per heavy atom. The highest BCUT2D eigenvalue weighted by atomic mass is 32.2. The molecule has 0 amide bonds. The van der Waals surface area contributed by atoms with Gasteiger partial charge in [-0.3, -0.25) is 4.72 Å². The first-order valence-electron chi connectivity index (χ1n) is 7.91. The summed E-state index contributed by atoms with van der Waals surface area (Å²) >= 11 is 0. The lowest BCUT2D eigenvalue weighted by Gasteiger charge is -2.14. The lowest BCUT2D eigenvalue weighted by molar-refractivity contribution is 0.311. The lowest BCUT2D eigenvalue weighted by atomic mass is 10.1. The van der Waals surface area contributed by atoms with Crippen molar-refractivity contribution in [3.05, 3.63) is 53.9 Å². The fraction of sp³-hybridized carbons (Fsp3) is 0.222. The Morgan fingerprint density at radius 3 is 2.32 bits per heavy atom. The number of hydrogen-bond acceptors (Lipinski definition) is 5. The number of ether oxygens (including phenoxy) is 1. The van der Waals surface area contributed by atoms with Crippen LogP contribution in [0.2, 0.25) is 0 Å². The van der Waals surface area contributed by atoms with Crippen LogP contribution in [0.5, 0.6) is 6.01 Å². The molecule has 0 atom stereocenters. The lowest BCUT2D eigenvalue weighted by Crippen LogP contribution is -2.16. The Hall–Kier alpha value is -2.67. The normalized spacial score (nSPS) is 11.5. The maximum atomic E-state index is 12.9. The number of fused-ring (bicyclic) bond motifs is 1. The van der Waals surface area contributed by atoms with Crippen LogP contribution in [-0.4, -0.2) is 25.0 Å². The molecular formula is C18H19N3O3S. The summed E-state index contributed by atoms with van der Waals surface area (Å²) in [5, 5.41) is 1.53. The highest BCUT2D eigenvalue weighted by molar-refractivity contribution is 7.93. The van der Waals surface area contributed by atoms with Gasteiger partial charge in [0.1, 0.15) is 0 Å². The number of anilines is 1. The first-order chi connectivity index (χ1) is 11.9. The molecule has 0 spiro atoms. The molecule has 1 heterocycles. The van der Waals surface area contributed by atoms with Crippen molar-refractivity contribution in [1.29, 1.82) is 0 Å². The van der Waals surface area contributed by atoms with E-state index in [-0.39, 0.29) is 10.9 Å². The van der Waals surface area contributed by atoms with Crippen molar-refractivity contribution in [2.45, 2.75) is 25.7 Å². The number of hydrogen-bond donors (Lipinski definition) is 1. The van der Waals surface area contributed by atoms with Gasteiger partial charge in [0, 0.05) is 5.39 Å². The largest absolute Gasteiger partial charge is 0.464 e. The molecule has 0 aliphatic rings. The molecule has 0 unspecified atom stereocenters. The van der Waals surface area contributed by atoms with E-state index in [9.17, 15) is 8.42 Å². The molecule has 1 aromatic heterocycles. The molecule has 0 radical (unpaired) electrons. The van der Waals surface area contributed by atoms with Gasteiger partial charge in [0.2, 0.25) is 0 Å². The van der Waals surface area contributed by atoms with Gasteiger partial charge in [0.05, 0.1) is 28.6 Å². The molecule has 0 bridgehead atoms. The summed E-state index contributed by atoms with van der Waals surface area (Å²) in [6.07, 6.45) is 0. The Kier molecular flexibility index (Phi) is 4.59. The Bertz CT molecular complexity index is 1000. The summed E-state index contributed by atoms with van der Waals surface area (Å²) in [4.78, 5) is 8.63. The van der Waals surface area contributed by atoms with Crippen LogP contribution in [0.25, 0.3) is 10.8 Å². The van der Waals surface area contributed by atoms with Crippen LogP contribution in [0.4, 0.5) is 5.69 Å². The molecule has 0 aliphatic heterocycles. The van der Waals surface area contributed by atoms with E-state index in [1.807, 2.05) is 31.2 Å². The number of aryl methyl sites for hydroxylation is 2. The molecule has 7 heteroatoms. The van der Waals surface area contributed by atoms with Crippen molar-refractivity contribution in [3.63, 3.8) is 0 Å². The highest BCUT2D eigenvalue weighted by Crippen LogP contribution is 2.27. The van der Waals surface area contributed by atoms with Gasteiger partial charge in [-0.05, 0) is 32.2 Å². The van der Waals surface area contributed by atoms with Crippen molar-refractivity contribution < 1.29 is 13.2 Å². The minimum Gasteiger partial charge on any atom is -0.464 e. The Morgan fingerprint density at radius 2 is 1.64 bits per heavy atom. The van der Waals surface area contributed by atoms with Crippen LogP contribution in [-0.2, 0) is 10.0 Å². The second kappa shape index (κ2) is 6.68. The summed E-state index contributed by atoms with van der Waals surface area (Å²) in [6.45, 7) is 5.72. The predicted octanol–water partition coefficient (Wildman–Crippen LogP) is 3.45. The summed E-state index contributed by atoms with van der Waals surface area (Å²) in [5.41, 5.74) is 1.40. The quantitative estimate of drug-likeness (QED) is 0.756. The topological polar surface area (TPSA) is 81.2 Å². The second-order valence-corrected chi connectivity index (χ2v) is 7.22. The minimum absolute atomic E-state index is 0.221. The van der Waals surface area contributed by atoms with Crippen LogP contribution in [0.1, 0.15) is 18.3 Å². The van der Waals surface area contributed by atoms with Gasteiger partial charge in [-0.1, -0.05) is 36.4 Å². The highest BCUT2D eigenvalue weighted by Gasteiger charge is 2.20. The zero-order valence-electron chi connectivity index (χ0n) is 14.3. The van der Waals surface area contributed by atoms with Crippen LogP contribution in [0, 0.1) is 13.8 Å². The van der Waals surface area contributed by atoms with E-state index in [4.69, 9.17) is 4.74 Å². The van der Waals surface area contributed by atoms with Gasteiger partial charge in [-0.2, -0.15) is 9.97 Å². The van der Waals surface area contributed by atoms with Gasteiger partial charge in [-0.25, -0.2) is 8.42 Å². The van der Waals surface area contributed by atoms with Gasteiger partial charge in [-0.15, -0.1) is 0 Å². The van der Waals surface area contributed by atoms with Crippen molar-refractivity contribution in [3.8, 4) is 6.01 Å². The number of nitrogens with one attached hydrogen (secondary N) is 1. The molecule has 1 N–H and O–H groups in total. The Labute approximate surface area is 146 Å². The minimum atomic E-state index is -3.78. The van der Waals surface area contributed by atoms with E-state index in [1.165, 1.54) is 0 Å². The molecule has 2 aromatic carbocycles. The third-order valence-electron chi connectivity index (χ3n) is 3.80. The zero-order valence-corrected chi connectivity index (χ0v) is 15.1. The fourth-order valence-corrected chi connectivity index (χ4v) is 4.05. The number of aromatic nitrogens is 2. The smallest absolute Gasteiger partial charge is 0.316 e. The maximum absolute atomic E-state index is 12.9. The molecule has 25 heavy (non-hydrogen) atoms. The van der Waals surface area contributed by atoms with Gasteiger partial charge >= 0.3 is 6.01 Å². The third kappa shape index (κ3) is 3.41. The van der Waals surface area contributed by atoms with Gasteiger partial charge in [0.25, 0.3) is 10.0 Å². The van der Waals surface area contributed by atoms with E-state index >= 15 is 0 Å². The van der Waals surface area contributed by atoms with Crippen LogP contribution in [0.15, 0.2) is 47.4 Å². The van der Waals surface area contributed by atoms with Gasteiger partial charge in [0.15, 0.2) is 0 Å². The summed E-state index contributed by atoms with van der Waals surface area (Å²) in [5.74, 6) is 0. The zero-order chi connectivity index (χ0) is 18.0. The van der Waals surface area contributed by atoms with Crippen molar-refractivity contribution in [2.75, 3.05) is 11.3 Å². The monoisotopic (exact) mass is 357 g/mol. The molecule has 0 fully saturated rings. The van der Waals surface area contributed by atoms with Gasteiger partial charge < -0.3 is 4.74 Å².